The smallest absolute Gasteiger partial charge is 0.306 e. The van der Waals surface area contributed by atoms with Crippen molar-refractivity contribution in [2.24, 2.45) is 0 Å². The number of nitrogens with zero attached hydrogens (tertiary/aromatic N) is 1. The molecule has 0 aliphatic rings. The number of hydrogen-bond donors (Lipinski definition) is 0. The molecular weight excluding hydrogens is 751 g/mol. The third kappa shape index (κ3) is 41.4. The Morgan fingerprint density at radius 2 is 0.833 bits per heavy atom. The number of likely N-dealkylation sites (N-methyl/N-ethyl adjacent to an activating group) is 1. The molecule has 0 aromatic rings. The lowest BCUT2D eigenvalue weighted by Crippen LogP contribution is -2.55. The summed E-state index contributed by atoms with van der Waals surface area (Å²) >= 11 is 0. The average Bonchev–Trinajstić information content (AvgIpc) is 3.21. The van der Waals surface area contributed by atoms with Crippen LogP contribution in [0.4, 0.5) is 0 Å². The minimum absolute atomic E-state index is 0.0434. The Balaban J connectivity index is 4.20. The summed E-state index contributed by atoms with van der Waals surface area (Å²) in [5.74, 6) is -1.72. The van der Waals surface area contributed by atoms with Gasteiger partial charge in [0.25, 0.3) is 0 Å². The quantitative estimate of drug-likeness (QED) is 0.0260. The summed E-state index contributed by atoms with van der Waals surface area (Å²) in [5, 5.41) is 11.7. The fourth-order valence-corrected chi connectivity index (χ4v) is 7.89. The molecule has 354 valence electrons. The Morgan fingerprint density at radius 3 is 1.20 bits per heavy atom. The molecule has 0 aromatic carbocycles. The number of allylic oxidation sites excluding steroid dienone is 2. The van der Waals surface area contributed by atoms with Crippen LogP contribution in [-0.4, -0.2) is 75.5 Å². The number of quaternary nitrogens is 1. The van der Waals surface area contributed by atoms with Crippen LogP contribution < -0.4 is 5.11 Å². The van der Waals surface area contributed by atoms with Crippen LogP contribution in [0.15, 0.2) is 12.2 Å². The molecule has 0 N–H and O–H groups in total. The number of aliphatic carboxylic acids is 1. The summed E-state index contributed by atoms with van der Waals surface area (Å²) in [7, 11) is 5.42. The number of carbonyl (C=O) groups is 3. The molecule has 0 saturated heterocycles. The van der Waals surface area contributed by atoms with Crippen molar-refractivity contribution in [1.82, 2.24) is 0 Å². The lowest BCUT2D eigenvalue weighted by molar-refractivity contribution is -0.889. The topological polar surface area (TPSA) is 102 Å². The summed E-state index contributed by atoms with van der Waals surface area (Å²) in [6.45, 7) is 4.70. The summed E-state index contributed by atoms with van der Waals surface area (Å²) in [6, 6.07) is -0.723. The Morgan fingerprint density at radius 1 is 0.483 bits per heavy atom. The summed E-state index contributed by atoms with van der Waals surface area (Å²) in [6.07, 6.45) is 48.1. The van der Waals surface area contributed by atoms with E-state index in [4.69, 9.17) is 14.2 Å². The predicted octanol–water partition coefficient (Wildman–Crippen LogP) is 13.3. The van der Waals surface area contributed by atoms with Gasteiger partial charge in [0.1, 0.15) is 12.6 Å². The van der Waals surface area contributed by atoms with Crippen molar-refractivity contribution in [3.8, 4) is 0 Å². The molecule has 8 heteroatoms. The third-order valence-corrected chi connectivity index (χ3v) is 11.9. The zero-order chi connectivity index (χ0) is 44.2. The highest BCUT2D eigenvalue weighted by molar-refractivity contribution is 5.70. The van der Waals surface area contributed by atoms with E-state index >= 15 is 0 Å². The largest absolute Gasteiger partial charge is 0.544 e. The van der Waals surface area contributed by atoms with Crippen LogP contribution in [0, 0.1) is 0 Å². The average molecular weight is 850 g/mol. The van der Waals surface area contributed by atoms with E-state index in [1.54, 1.807) is 0 Å². The van der Waals surface area contributed by atoms with Crippen molar-refractivity contribution in [1.29, 1.82) is 0 Å². The maximum Gasteiger partial charge on any atom is 0.306 e. The van der Waals surface area contributed by atoms with Gasteiger partial charge in [-0.15, -0.1) is 0 Å². The first kappa shape index (κ1) is 58.1. The molecule has 0 saturated carbocycles. The van der Waals surface area contributed by atoms with E-state index in [-0.39, 0.29) is 42.7 Å². The molecular formula is C52H99NO7. The Kier molecular flexibility index (Phi) is 42.3. The van der Waals surface area contributed by atoms with E-state index in [0.29, 0.717) is 12.8 Å². The zero-order valence-electron chi connectivity index (χ0n) is 40.4. The first-order valence-electron chi connectivity index (χ1n) is 25.7. The number of rotatable bonds is 47. The van der Waals surface area contributed by atoms with Gasteiger partial charge in [-0.25, -0.2) is 0 Å². The second kappa shape index (κ2) is 43.7. The number of esters is 2. The van der Waals surface area contributed by atoms with Crippen molar-refractivity contribution < 1.29 is 38.2 Å². The van der Waals surface area contributed by atoms with Gasteiger partial charge < -0.3 is 28.6 Å². The van der Waals surface area contributed by atoms with E-state index < -0.39 is 18.1 Å². The Bertz CT molecular complexity index is 993. The second-order valence-electron chi connectivity index (χ2n) is 18.8. The normalized spacial score (nSPS) is 12.9. The molecule has 60 heavy (non-hydrogen) atoms. The minimum atomic E-state index is -1.12. The van der Waals surface area contributed by atoms with Crippen LogP contribution >= 0.6 is 0 Å². The van der Waals surface area contributed by atoms with Crippen LogP contribution in [0.1, 0.15) is 251 Å². The molecule has 0 rings (SSSR count). The summed E-state index contributed by atoms with van der Waals surface area (Å²) in [4.78, 5) is 37.0. The monoisotopic (exact) mass is 850 g/mol. The fraction of sp³-hybridized carbons (Fsp3) is 0.904. The van der Waals surface area contributed by atoms with Crippen LogP contribution in [-0.2, 0) is 28.6 Å². The molecule has 2 unspecified atom stereocenters. The highest BCUT2D eigenvalue weighted by Crippen LogP contribution is 2.16. The van der Waals surface area contributed by atoms with E-state index in [0.717, 1.165) is 51.4 Å². The van der Waals surface area contributed by atoms with Gasteiger partial charge in [-0.3, -0.25) is 9.59 Å². The minimum Gasteiger partial charge on any atom is -0.544 e. The van der Waals surface area contributed by atoms with Gasteiger partial charge in [0.05, 0.1) is 40.3 Å². The summed E-state index contributed by atoms with van der Waals surface area (Å²) < 4.78 is 17.2. The van der Waals surface area contributed by atoms with Crippen LogP contribution in [0.2, 0.25) is 0 Å². The standard InChI is InChI=1S/C52H99NO7/c1-6-8-10-12-14-16-18-20-22-24-25-26-27-29-30-32-34-36-38-40-42-50(54)59-47-48(46-58-45-44-49(52(56)57)53(3,4)5)60-51(55)43-41-39-37-35-33-31-28-23-21-19-17-15-13-11-9-7-2/h23,28,48-49H,6-22,24-27,29-47H2,1-5H3/b28-23-. The third-order valence-electron chi connectivity index (χ3n) is 11.9. The van der Waals surface area contributed by atoms with Crippen LogP contribution in [0.5, 0.6) is 0 Å². The number of carbonyl (C=O) groups excluding carboxylic acids is 3. The molecule has 0 aromatic heterocycles. The van der Waals surface area contributed by atoms with Crippen molar-refractivity contribution in [3.05, 3.63) is 12.2 Å². The maximum atomic E-state index is 12.8. The number of hydrogen-bond acceptors (Lipinski definition) is 7. The molecule has 0 aliphatic heterocycles. The number of carboxylic acid groups (broad SMARTS) is 1. The number of carboxylic acids is 1. The number of unbranched alkanes of at least 4 members (excludes halogenated alkanes) is 31. The molecule has 0 heterocycles. The molecule has 0 fully saturated rings. The Labute approximate surface area is 371 Å². The van der Waals surface area contributed by atoms with Crippen LogP contribution in [0.3, 0.4) is 0 Å². The van der Waals surface area contributed by atoms with Gasteiger partial charge in [-0.1, -0.05) is 206 Å². The molecule has 8 nitrogen and oxygen atoms in total. The predicted molar refractivity (Wildman–Crippen MR) is 250 cm³/mol. The van der Waals surface area contributed by atoms with Crippen molar-refractivity contribution >= 4 is 17.9 Å². The van der Waals surface area contributed by atoms with Gasteiger partial charge in [-0.2, -0.15) is 0 Å². The van der Waals surface area contributed by atoms with E-state index in [1.165, 1.54) is 167 Å². The Hall–Kier alpha value is -1.93. The molecule has 0 radical (unpaired) electrons. The lowest BCUT2D eigenvalue weighted by Gasteiger charge is -2.34. The highest BCUT2D eigenvalue weighted by atomic mass is 16.6. The zero-order valence-corrected chi connectivity index (χ0v) is 40.4. The molecule has 2 atom stereocenters. The van der Waals surface area contributed by atoms with E-state index in [2.05, 4.69) is 26.0 Å². The second-order valence-corrected chi connectivity index (χ2v) is 18.8. The van der Waals surface area contributed by atoms with Gasteiger partial charge in [0.15, 0.2) is 6.10 Å². The number of ether oxygens (including phenoxy) is 3. The van der Waals surface area contributed by atoms with Crippen molar-refractivity contribution in [2.45, 2.75) is 264 Å². The summed E-state index contributed by atoms with van der Waals surface area (Å²) in [5.41, 5.74) is 0. The van der Waals surface area contributed by atoms with Gasteiger partial charge in [-0.05, 0) is 38.5 Å². The van der Waals surface area contributed by atoms with Crippen molar-refractivity contribution in [3.63, 3.8) is 0 Å². The first-order valence-corrected chi connectivity index (χ1v) is 25.7. The molecule has 0 spiro atoms. The lowest BCUT2D eigenvalue weighted by atomic mass is 10.0. The first-order chi connectivity index (χ1) is 29.1. The molecule has 0 aliphatic carbocycles. The van der Waals surface area contributed by atoms with Crippen LogP contribution in [0.25, 0.3) is 0 Å². The van der Waals surface area contributed by atoms with Gasteiger partial charge in [0, 0.05) is 19.3 Å². The van der Waals surface area contributed by atoms with Gasteiger partial charge in [0.2, 0.25) is 0 Å². The fourth-order valence-electron chi connectivity index (χ4n) is 7.89. The molecule has 0 amide bonds. The van der Waals surface area contributed by atoms with Gasteiger partial charge >= 0.3 is 11.9 Å². The van der Waals surface area contributed by atoms with Crippen molar-refractivity contribution in [2.75, 3.05) is 41.0 Å². The van der Waals surface area contributed by atoms with E-state index in [9.17, 15) is 19.5 Å². The SMILES string of the molecule is CCCCCCCCC/C=C\CCCCCCCC(=O)OC(COCCC(C(=O)[O-])[N+](C)(C)C)COC(=O)CCCCCCCCCCCCCCCCCCCCCC. The maximum absolute atomic E-state index is 12.8. The molecule has 0 bridgehead atoms. The highest BCUT2D eigenvalue weighted by Gasteiger charge is 2.25. The van der Waals surface area contributed by atoms with E-state index in [1.807, 2.05) is 21.1 Å².